The molecule has 2 aliphatic rings. The first-order valence-corrected chi connectivity index (χ1v) is 21.4. The zero-order chi connectivity index (χ0) is 23.4. The van der Waals surface area contributed by atoms with Crippen molar-refractivity contribution in [3.05, 3.63) is 106 Å². The van der Waals surface area contributed by atoms with Gasteiger partial charge in [0.15, 0.2) is 0 Å². The largest absolute Gasteiger partial charge is 1.00 e. The van der Waals surface area contributed by atoms with Gasteiger partial charge in [0.1, 0.15) is 0 Å². The van der Waals surface area contributed by atoms with Gasteiger partial charge in [0.05, 0.1) is 0 Å². The second-order valence-corrected chi connectivity index (χ2v) is 26.7. The standard InChI is InChI=1S/2C15H13.C2H6Si.2ClH.Zr/c2*1-2-11-9-13-8-7-12-5-3-4-6-14(12)15(13)10-11;1-3-2;;;/h2*3-8H,2,9H2,1H3;1-2H3;2*1H;/q;;;;;+2/p-2. The summed E-state index contributed by atoms with van der Waals surface area (Å²) in [4.78, 5) is 0. The maximum absolute atomic E-state index is 2.63. The van der Waals surface area contributed by atoms with E-state index in [-0.39, 0.29) is 24.8 Å². The number of rotatable bonds is 4. The average Bonchev–Trinajstić information content (AvgIpc) is 3.43. The SMILES string of the molecule is CCC1=[C]([Zr+2]([C]2=C(CC)Cc3ccc4ccccc4c32)=[Si](C)C)c2c(ccc3ccccc23)C1.[Cl-].[Cl-]. The molecule has 0 aromatic heterocycles. The topological polar surface area (TPSA) is 0 Å². The summed E-state index contributed by atoms with van der Waals surface area (Å²) in [6.07, 6.45) is 4.72. The van der Waals surface area contributed by atoms with Crippen LogP contribution in [0.3, 0.4) is 0 Å². The van der Waals surface area contributed by atoms with Gasteiger partial charge in [-0.05, 0) is 0 Å². The molecule has 4 aromatic rings. The second-order valence-electron chi connectivity index (χ2n) is 10.0. The summed E-state index contributed by atoms with van der Waals surface area (Å²) in [6.45, 7) is 10.1. The molecule has 0 saturated carbocycles. The van der Waals surface area contributed by atoms with Crippen molar-refractivity contribution in [1.82, 2.24) is 0 Å². The maximum Gasteiger partial charge on any atom is -1.00 e. The van der Waals surface area contributed by atoms with Crippen LogP contribution < -0.4 is 24.8 Å². The molecule has 0 atom stereocenters. The van der Waals surface area contributed by atoms with Crippen LogP contribution in [0.4, 0.5) is 0 Å². The summed E-state index contributed by atoms with van der Waals surface area (Å²) in [7, 11) is 0. The van der Waals surface area contributed by atoms with Gasteiger partial charge in [0.25, 0.3) is 0 Å². The third kappa shape index (κ3) is 4.33. The van der Waals surface area contributed by atoms with Crippen LogP contribution in [0.15, 0.2) is 83.9 Å². The quantitative estimate of drug-likeness (QED) is 0.314. The Balaban J connectivity index is 0.00000152. The van der Waals surface area contributed by atoms with E-state index in [4.69, 9.17) is 0 Å². The van der Waals surface area contributed by atoms with Gasteiger partial charge in [-0.3, -0.25) is 0 Å². The molecule has 36 heavy (non-hydrogen) atoms. The van der Waals surface area contributed by atoms with Crippen LogP contribution in [-0.2, 0) is 33.2 Å². The van der Waals surface area contributed by atoms with Crippen LogP contribution in [0.25, 0.3) is 28.1 Å². The Hall–Kier alpha value is -1.44. The molecule has 0 heterocycles. The van der Waals surface area contributed by atoms with E-state index in [1.807, 2.05) is 6.56 Å². The molecule has 4 aromatic carbocycles. The van der Waals surface area contributed by atoms with E-state index >= 15 is 0 Å². The molecule has 6 rings (SSSR count). The number of benzene rings is 4. The fraction of sp³-hybridized carbons (Fsp3) is 0.250. The third-order valence-electron chi connectivity index (χ3n) is 7.90. The monoisotopic (exact) mass is 604 g/mol. The molecule has 0 nitrogen and oxygen atoms in total. The molecule has 0 spiro atoms. The molecular formula is C32H32Cl2SiZr. The summed E-state index contributed by atoms with van der Waals surface area (Å²) in [6, 6.07) is 27.8. The Morgan fingerprint density at radius 2 is 1.03 bits per heavy atom. The van der Waals surface area contributed by atoms with Gasteiger partial charge in [0.2, 0.25) is 0 Å². The molecule has 0 saturated heterocycles. The Morgan fingerprint density at radius 3 is 1.42 bits per heavy atom. The van der Waals surface area contributed by atoms with Gasteiger partial charge in [-0.15, -0.1) is 0 Å². The fourth-order valence-corrected chi connectivity index (χ4v) is 24.6. The summed E-state index contributed by atoms with van der Waals surface area (Å²) < 4.78 is 3.75. The van der Waals surface area contributed by atoms with Gasteiger partial charge in [-0.1, -0.05) is 0 Å². The number of fused-ring (bicyclic) bond motifs is 6. The molecule has 0 N–H and O–H groups in total. The number of allylic oxidation sites excluding steroid dienone is 2. The van der Waals surface area contributed by atoms with Crippen molar-refractivity contribution < 1.29 is 45.2 Å². The minimum Gasteiger partial charge on any atom is -1.00 e. The Labute approximate surface area is 235 Å². The van der Waals surface area contributed by atoms with Crippen molar-refractivity contribution in [1.29, 1.82) is 0 Å². The molecule has 0 fully saturated rings. The summed E-state index contributed by atoms with van der Waals surface area (Å²) in [5.41, 5.74) is 9.51. The molecule has 0 bridgehead atoms. The van der Waals surface area contributed by atoms with Crippen molar-refractivity contribution in [3.63, 3.8) is 0 Å². The van der Waals surface area contributed by atoms with E-state index in [9.17, 15) is 0 Å². The molecule has 182 valence electrons. The van der Waals surface area contributed by atoms with E-state index in [0.717, 1.165) is 0 Å². The molecule has 0 radical (unpaired) electrons. The van der Waals surface area contributed by atoms with E-state index in [0.29, 0.717) is 0 Å². The fourth-order valence-electron chi connectivity index (χ4n) is 6.34. The molecule has 0 aliphatic heterocycles. The smallest absolute Gasteiger partial charge is 1.00 e. The zero-order valence-corrected chi connectivity index (χ0v) is 26.5. The van der Waals surface area contributed by atoms with E-state index in [2.05, 4.69) is 99.7 Å². The summed E-state index contributed by atoms with van der Waals surface area (Å²) in [5, 5.41) is 5.80. The van der Waals surface area contributed by atoms with Crippen LogP contribution in [0.2, 0.25) is 13.1 Å². The third-order valence-corrected chi connectivity index (χ3v) is 24.7. The molecule has 0 unspecified atom stereocenters. The summed E-state index contributed by atoms with van der Waals surface area (Å²) in [5.74, 6) is 0. The molecule has 4 heteroatoms. The minimum absolute atomic E-state index is 0. The van der Waals surface area contributed by atoms with Gasteiger partial charge in [-0.2, -0.15) is 0 Å². The van der Waals surface area contributed by atoms with Crippen LogP contribution in [0, 0.1) is 0 Å². The molecule has 0 amide bonds. The van der Waals surface area contributed by atoms with Gasteiger partial charge < -0.3 is 24.8 Å². The number of hydrogen-bond donors (Lipinski definition) is 0. The van der Waals surface area contributed by atoms with Crippen LogP contribution in [-0.4, -0.2) is 5.43 Å². The Morgan fingerprint density at radius 1 is 0.611 bits per heavy atom. The van der Waals surface area contributed by atoms with E-state index in [1.54, 1.807) is 33.4 Å². The van der Waals surface area contributed by atoms with Crippen molar-refractivity contribution in [2.24, 2.45) is 0 Å². The van der Waals surface area contributed by atoms with Crippen LogP contribution in [0.5, 0.6) is 0 Å². The van der Waals surface area contributed by atoms with E-state index < -0.39 is 25.8 Å². The molecular weight excluding hydrogens is 575 g/mol. The Bertz CT molecular complexity index is 1480. The van der Waals surface area contributed by atoms with E-state index in [1.165, 1.54) is 47.2 Å². The van der Waals surface area contributed by atoms with Crippen molar-refractivity contribution in [3.8, 4) is 0 Å². The predicted molar refractivity (Wildman–Crippen MR) is 147 cm³/mol. The first-order valence-electron chi connectivity index (χ1n) is 12.8. The van der Waals surface area contributed by atoms with Gasteiger partial charge in [-0.25, -0.2) is 0 Å². The van der Waals surface area contributed by atoms with Gasteiger partial charge in [0, 0.05) is 0 Å². The van der Waals surface area contributed by atoms with Crippen LogP contribution in [0.1, 0.15) is 48.9 Å². The number of halogens is 2. The normalized spacial score (nSPS) is 13.8. The first-order chi connectivity index (χ1) is 16.6. The Kier molecular flexibility index (Phi) is 8.52. The van der Waals surface area contributed by atoms with Crippen LogP contribution >= 0.6 is 0 Å². The average molecular weight is 607 g/mol. The van der Waals surface area contributed by atoms with Gasteiger partial charge >= 0.3 is 213 Å². The first kappa shape index (κ1) is 27.6. The maximum atomic E-state index is 2.63. The van der Waals surface area contributed by atoms with Crippen molar-refractivity contribution in [2.75, 3.05) is 0 Å². The number of hydrogen-bond acceptors (Lipinski definition) is 0. The van der Waals surface area contributed by atoms with Crippen molar-refractivity contribution >= 4 is 33.5 Å². The predicted octanol–water partition coefficient (Wildman–Crippen LogP) is 2.92. The molecule has 2 aliphatic carbocycles. The minimum atomic E-state index is -2.19. The second kappa shape index (κ2) is 11.1. The summed E-state index contributed by atoms with van der Waals surface area (Å²) >= 11 is -2.19. The zero-order valence-electron chi connectivity index (χ0n) is 21.5. The van der Waals surface area contributed by atoms with Crippen molar-refractivity contribution in [2.45, 2.75) is 52.6 Å².